The van der Waals surface area contributed by atoms with Gasteiger partial charge in [-0.1, -0.05) is 52.3 Å². The summed E-state index contributed by atoms with van der Waals surface area (Å²) in [5.74, 6) is 2.28. The second kappa shape index (κ2) is 6.17. The highest BCUT2D eigenvalue weighted by molar-refractivity contribution is 5.38. The van der Waals surface area contributed by atoms with E-state index in [1.54, 1.807) is 0 Å². The van der Waals surface area contributed by atoms with Gasteiger partial charge in [-0.2, -0.15) is 0 Å². The van der Waals surface area contributed by atoms with Crippen LogP contribution in [-0.2, 0) is 5.41 Å². The van der Waals surface area contributed by atoms with E-state index in [-0.39, 0.29) is 11.5 Å². The minimum Gasteiger partial charge on any atom is -0.490 e. The third-order valence-corrected chi connectivity index (χ3v) is 4.47. The maximum absolute atomic E-state index is 6.41. The average molecular weight is 275 g/mol. The molecule has 1 aromatic rings. The number of hydrogen-bond acceptors (Lipinski definition) is 2. The van der Waals surface area contributed by atoms with E-state index in [4.69, 9.17) is 10.5 Å². The third-order valence-electron chi connectivity index (χ3n) is 4.47. The van der Waals surface area contributed by atoms with Crippen molar-refractivity contribution in [3.05, 3.63) is 29.8 Å². The summed E-state index contributed by atoms with van der Waals surface area (Å²) in [6.07, 6.45) is 3.87. The van der Waals surface area contributed by atoms with Gasteiger partial charge in [-0.05, 0) is 42.3 Å². The van der Waals surface area contributed by atoms with Crippen LogP contribution in [0.25, 0.3) is 0 Å². The van der Waals surface area contributed by atoms with Gasteiger partial charge >= 0.3 is 0 Å². The highest BCUT2D eigenvalue weighted by atomic mass is 16.5. The number of hydrogen-bond donors (Lipinski definition) is 1. The Hall–Kier alpha value is -1.02. The molecule has 20 heavy (non-hydrogen) atoms. The predicted molar refractivity (Wildman–Crippen MR) is 85.1 cm³/mol. The Morgan fingerprint density at radius 1 is 1.20 bits per heavy atom. The molecule has 2 nitrogen and oxygen atoms in total. The van der Waals surface area contributed by atoms with Gasteiger partial charge in [0.1, 0.15) is 11.9 Å². The summed E-state index contributed by atoms with van der Waals surface area (Å²) in [5, 5.41) is 0. The molecule has 0 heterocycles. The molecule has 3 unspecified atom stereocenters. The Morgan fingerprint density at radius 2 is 1.90 bits per heavy atom. The van der Waals surface area contributed by atoms with Crippen LogP contribution in [0.1, 0.15) is 52.5 Å². The SMILES string of the molecule is CC1CCC(CN)C(Oc2ccccc2C(C)(C)C)C1. The molecule has 0 radical (unpaired) electrons. The minimum atomic E-state index is 0.106. The van der Waals surface area contributed by atoms with Crippen LogP contribution >= 0.6 is 0 Å². The van der Waals surface area contributed by atoms with Crippen molar-refractivity contribution in [2.24, 2.45) is 17.6 Å². The van der Waals surface area contributed by atoms with E-state index in [0.29, 0.717) is 5.92 Å². The zero-order valence-corrected chi connectivity index (χ0v) is 13.4. The van der Waals surface area contributed by atoms with Crippen LogP contribution in [-0.4, -0.2) is 12.6 Å². The van der Waals surface area contributed by atoms with E-state index in [2.05, 4.69) is 52.0 Å². The maximum Gasteiger partial charge on any atom is 0.123 e. The normalized spacial score (nSPS) is 27.4. The van der Waals surface area contributed by atoms with Crippen LogP contribution in [0.15, 0.2) is 24.3 Å². The molecule has 1 fully saturated rings. The molecule has 0 saturated heterocycles. The number of nitrogens with two attached hydrogens (primary N) is 1. The lowest BCUT2D eigenvalue weighted by Crippen LogP contribution is -2.38. The van der Waals surface area contributed by atoms with Gasteiger partial charge in [0, 0.05) is 5.92 Å². The number of ether oxygens (including phenoxy) is 1. The number of para-hydroxylation sites is 1. The molecule has 0 aliphatic heterocycles. The first kappa shape index (κ1) is 15.4. The zero-order chi connectivity index (χ0) is 14.8. The Labute approximate surface area is 123 Å². The Balaban J connectivity index is 2.20. The molecule has 1 aliphatic rings. The Morgan fingerprint density at radius 3 is 2.55 bits per heavy atom. The lowest BCUT2D eigenvalue weighted by atomic mass is 9.80. The molecule has 2 N–H and O–H groups in total. The van der Waals surface area contributed by atoms with E-state index in [1.165, 1.54) is 18.4 Å². The molecular formula is C18H29NO. The molecule has 1 saturated carbocycles. The highest BCUT2D eigenvalue weighted by Gasteiger charge is 2.30. The molecule has 3 atom stereocenters. The highest BCUT2D eigenvalue weighted by Crippen LogP contribution is 2.36. The van der Waals surface area contributed by atoms with Crippen molar-refractivity contribution in [2.75, 3.05) is 6.54 Å². The van der Waals surface area contributed by atoms with E-state index >= 15 is 0 Å². The van der Waals surface area contributed by atoms with Crippen molar-refractivity contribution in [1.29, 1.82) is 0 Å². The van der Waals surface area contributed by atoms with Gasteiger partial charge in [0.15, 0.2) is 0 Å². The van der Waals surface area contributed by atoms with Crippen molar-refractivity contribution in [1.82, 2.24) is 0 Å². The summed E-state index contributed by atoms with van der Waals surface area (Å²) in [4.78, 5) is 0. The molecule has 112 valence electrons. The standard InChI is InChI=1S/C18H29NO/c1-13-9-10-14(12-19)17(11-13)20-16-8-6-5-7-15(16)18(2,3)4/h5-8,13-14,17H,9-12,19H2,1-4H3. The fourth-order valence-corrected chi connectivity index (χ4v) is 3.16. The summed E-state index contributed by atoms with van der Waals surface area (Å²) >= 11 is 0. The van der Waals surface area contributed by atoms with Crippen LogP contribution in [0, 0.1) is 11.8 Å². The first-order chi connectivity index (χ1) is 9.41. The fourth-order valence-electron chi connectivity index (χ4n) is 3.16. The molecule has 0 spiro atoms. The topological polar surface area (TPSA) is 35.2 Å². The Bertz CT molecular complexity index is 435. The zero-order valence-electron chi connectivity index (χ0n) is 13.4. The van der Waals surface area contributed by atoms with E-state index < -0.39 is 0 Å². The van der Waals surface area contributed by atoms with Gasteiger partial charge in [0.2, 0.25) is 0 Å². The van der Waals surface area contributed by atoms with Gasteiger partial charge in [-0.3, -0.25) is 0 Å². The maximum atomic E-state index is 6.41. The molecular weight excluding hydrogens is 246 g/mol. The summed E-state index contributed by atoms with van der Waals surface area (Å²) in [7, 11) is 0. The lowest BCUT2D eigenvalue weighted by Gasteiger charge is -2.35. The van der Waals surface area contributed by atoms with Crippen molar-refractivity contribution in [3.63, 3.8) is 0 Å². The van der Waals surface area contributed by atoms with Crippen molar-refractivity contribution in [3.8, 4) is 5.75 Å². The summed E-state index contributed by atoms with van der Waals surface area (Å²) in [6.45, 7) is 9.76. The Kier molecular flexibility index (Phi) is 4.74. The van der Waals surface area contributed by atoms with Crippen LogP contribution in [0.3, 0.4) is 0 Å². The van der Waals surface area contributed by atoms with Crippen molar-refractivity contribution >= 4 is 0 Å². The number of benzene rings is 1. The van der Waals surface area contributed by atoms with E-state index in [0.717, 1.165) is 24.6 Å². The summed E-state index contributed by atoms with van der Waals surface area (Å²) in [6, 6.07) is 8.44. The number of rotatable bonds is 3. The fraction of sp³-hybridized carbons (Fsp3) is 0.667. The molecule has 0 amide bonds. The molecule has 1 aromatic carbocycles. The predicted octanol–water partition coefficient (Wildman–Crippen LogP) is 4.13. The first-order valence-corrected chi connectivity index (χ1v) is 7.88. The van der Waals surface area contributed by atoms with Crippen LogP contribution in [0.2, 0.25) is 0 Å². The molecule has 0 aromatic heterocycles. The van der Waals surface area contributed by atoms with Crippen LogP contribution in [0.4, 0.5) is 0 Å². The second-order valence-corrected chi connectivity index (χ2v) is 7.32. The smallest absolute Gasteiger partial charge is 0.123 e. The summed E-state index contributed by atoms with van der Waals surface area (Å²) < 4.78 is 6.41. The van der Waals surface area contributed by atoms with Gasteiger partial charge in [0.05, 0.1) is 0 Å². The molecule has 2 heteroatoms. The van der Waals surface area contributed by atoms with Crippen molar-refractivity contribution in [2.45, 2.75) is 58.5 Å². The van der Waals surface area contributed by atoms with Crippen molar-refractivity contribution < 1.29 is 4.74 Å². The van der Waals surface area contributed by atoms with Gasteiger partial charge < -0.3 is 10.5 Å². The third kappa shape index (κ3) is 3.54. The first-order valence-electron chi connectivity index (χ1n) is 7.88. The van der Waals surface area contributed by atoms with Gasteiger partial charge in [-0.15, -0.1) is 0 Å². The molecule has 0 bridgehead atoms. The van der Waals surface area contributed by atoms with E-state index in [1.807, 2.05) is 0 Å². The monoisotopic (exact) mass is 275 g/mol. The van der Waals surface area contributed by atoms with Crippen LogP contribution in [0.5, 0.6) is 5.75 Å². The van der Waals surface area contributed by atoms with E-state index in [9.17, 15) is 0 Å². The summed E-state index contributed by atoms with van der Waals surface area (Å²) in [5.41, 5.74) is 7.33. The van der Waals surface area contributed by atoms with Crippen LogP contribution < -0.4 is 10.5 Å². The quantitative estimate of drug-likeness (QED) is 0.900. The van der Waals surface area contributed by atoms with Gasteiger partial charge in [-0.25, -0.2) is 0 Å². The average Bonchev–Trinajstić information content (AvgIpc) is 2.38. The lowest BCUT2D eigenvalue weighted by molar-refractivity contribution is 0.0725. The largest absolute Gasteiger partial charge is 0.490 e. The molecule has 1 aliphatic carbocycles. The van der Waals surface area contributed by atoms with Gasteiger partial charge in [0.25, 0.3) is 0 Å². The minimum absolute atomic E-state index is 0.106. The second-order valence-electron chi connectivity index (χ2n) is 7.32. The molecule has 2 rings (SSSR count).